The molecule has 0 N–H and O–H groups in total. The molecule has 0 aliphatic carbocycles. The molecule has 176 valence electrons. The maximum atomic E-state index is 13.0. The molecule has 1 amide bonds. The summed E-state index contributed by atoms with van der Waals surface area (Å²) in [4.78, 5) is 13.2. The molecule has 0 aliphatic rings. The summed E-state index contributed by atoms with van der Waals surface area (Å²) in [6.45, 7) is -0.187. The molecule has 2 aromatic carbocycles. The number of alkyl halides is 3. The van der Waals surface area contributed by atoms with Crippen molar-refractivity contribution in [3.8, 4) is 5.75 Å². The van der Waals surface area contributed by atoms with E-state index in [1.54, 1.807) is 24.3 Å². The van der Waals surface area contributed by atoms with Crippen molar-refractivity contribution in [3.63, 3.8) is 0 Å². The molecule has 7 nitrogen and oxygen atoms in total. The third kappa shape index (κ3) is 6.36. The van der Waals surface area contributed by atoms with Gasteiger partial charge in [0.25, 0.3) is 0 Å². The van der Waals surface area contributed by atoms with Crippen LogP contribution in [0.1, 0.15) is 16.9 Å². The molecular formula is C22H20F3NO6S. The Morgan fingerprint density at radius 1 is 1.03 bits per heavy atom. The van der Waals surface area contributed by atoms with Crippen molar-refractivity contribution in [2.75, 3.05) is 13.7 Å². The van der Waals surface area contributed by atoms with Crippen LogP contribution in [0.15, 0.2) is 76.2 Å². The van der Waals surface area contributed by atoms with E-state index in [-0.39, 0.29) is 31.4 Å². The van der Waals surface area contributed by atoms with Crippen molar-refractivity contribution in [2.24, 2.45) is 0 Å². The SMILES string of the molecule is COCC(=O)N(Cc1ccco1)Cc1ccccc1OS(=O)(=O)c1cccc(C(F)(F)F)c1. The standard InChI is InChI=1S/C22H20F3NO6S/c1-30-15-21(27)26(14-18-8-5-11-31-18)13-16-6-2-3-10-20(16)32-33(28,29)19-9-4-7-17(12-19)22(23,24)25/h2-12H,13-15H2,1H3. The lowest BCUT2D eigenvalue weighted by Gasteiger charge is -2.23. The Bertz CT molecular complexity index is 1190. The van der Waals surface area contributed by atoms with Gasteiger partial charge in [-0.2, -0.15) is 21.6 Å². The number of methoxy groups -OCH3 is 1. The minimum atomic E-state index is -4.71. The zero-order chi connectivity index (χ0) is 24.1. The number of nitrogens with zero attached hydrogens (tertiary/aromatic N) is 1. The second-order valence-corrected chi connectivity index (χ2v) is 8.48. The Balaban J connectivity index is 1.88. The van der Waals surface area contributed by atoms with Crippen molar-refractivity contribution in [1.29, 1.82) is 0 Å². The first kappa shape index (κ1) is 24.3. The number of hydrogen-bond acceptors (Lipinski definition) is 6. The van der Waals surface area contributed by atoms with E-state index in [1.165, 1.54) is 30.4 Å². The molecule has 0 saturated carbocycles. The van der Waals surface area contributed by atoms with Gasteiger partial charge in [0.05, 0.1) is 18.4 Å². The maximum absolute atomic E-state index is 13.0. The van der Waals surface area contributed by atoms with Gasteiger partial charge in [-0.25, -0.2) is 0 Å². The highest BCUT2D eigenvalue weighted by Crippen LogP contribution is 2.31. The Morgan fingerprint density at radius 3 is 2.45 bits per heavy atom. The average molecular weight is 483 g/mol. The number of furan rings is 1. The smallest absolute Gasteiger partial charge is 0.416 e. The van der Waals surface area contributed by atoms with Crippen LogP contribution in [-0.4, -0.2) is 32.9 Å². The summed E-state index contributed by atoms with van der Waals surface area (Å²) in [5.74, 6) is -0.0107. The molecule has 0 fully saturated rings. The number of halogens is 3. The fourth-order valence-electron chi connectivity index (χ4n) is 2.95. The third-order valence-corrected chi connectivity index (χ3v) is 5.76. The van der Waals surface area contributed by atoms with Crippen LogP contribution in [0.5, 0.6) is 5.75 Å². The van der Waals surface area contributed by atoms with Crippen LogP contribution in [0.3, 0.4) is 0 Å². The number of ether oxygens (including phenoxy) is 1. The first-order chi connectivity index (χ1) is 15.6. The van der Waals surface area contributed by atoms with Gasteiger partial charge in [0.15, 0.2) is 0 Å². The number of hydrogen-bond donors (Lipinski definition) is 0. The zero-order valence-corrected chi connectivity index (χ0v) is 18.2. The van der Waals surface area contributed by atoms with Crippen LogP contribution in [0, 0.1) is 0 Å². The maximum Gasteiger partial charge on any atom is 0.416 e. The van der Waals surface area contributed by atoms with Gasteiger partial charge in [0, 0.05) is 19.2 Å². The molecule has 0 spiro atoms. The number of rotatable bonds is 9. The molecule has 3 rings (SSSR count). The number of carbonyl (C=O) groups excluding carboxylic acids is 1. The normalized spacial score (nSPS) is 11.9. The number of benzene rings is 2. The Hall–Kier alpha value is -3.31. The minimum Gasteiger partial charge on any atom is -0.467 e. The van der Waals surface area contributed by atoms with Gasteiger partial charge in [0.2, 0.25) is 5.91 Å². The van der Waals surface area contributed by atoms with Crippen molar-refractivity contribution in [3.05, 3.63) is 83.8 Å². The molecule has 0 bridgehead atoms. The summed E-state index contributed by atoms with van der Waals surface area (Å²) in [6, 6.07) is 12.6. The van der Waals surface area contributed by atoms with E-state index < -0.39 is 26.8 Å². The lowest BCUT2D eigenvalue weighted by atomic mass is 10.2. The topological polar surface area (TPSA) is 86.0 Å². The van der Waals surface area contributed by atoms with E-state index >= 15 is 0 Å². The fourth-order valence-corrected chi connectivity index (χ4v) is 3.97. The summed E-state index contributed by atoms with van der Waals surface area (Å²) in [7, 11) is -3.22. The molecule has 0 atom stereocenters. The van der Waals surface area contributed by atoms with E-state index in [0.29, 0.717) is 17.4 Å². The van der Waals surface area contributed by atoms with E-state index in [1.807, 2.05) is 0 Å². The number of para-hydroxylation sites is 1. The second kappa shape index (κ2) is 10.1. The van der Waals surface area contributed by atoms with Crippen molar-refractivity contribution >= 4 is 16.0 Å². The monoisotopic (exact) mass is 483 g/mol. The van der Waals surface area contributed by atoms with Gasteiger partial charge in [-0.3, -0.25) is 4.79 Å². The molecule has 0 saturated heterocycles. The molecule has 1 aromatic heterocycles. The quantitative estimate of drug-likeness (QED) is 0.423. The zero-order valence-electron chi connectivity index (χ0n) is 17.4. The van der Waals surface area contributed by atoms with Crippen LogP contribution in [0.25, 0.3) is 0 Å². The van der Waals surface area contributed by atoms with Gasteiger partial charge < -0.3 is 18.2 Å². The average Bonchev–Trinajstić information content (AvgIpc) is 3.27. The minimum absolute atomic E-state index is 0.0584. The van der Waals surface area contributed by atoms with Gasteiger partial charge in [-0.05, 0) is 36.4 Å². The van der Waals surface area contributed by atoms with Crippen LogP contribution in [0.4, 0.5) is 13.2 Å². The third-order valence-electron chi connectivity index (χ3n) is 4.53. The number of carbonyl (C=O) groups is 1. The van der Waals surface area contributed by atoms with Crippen LogP contribution in [-0.2, 0) is 38.9 Å². The fraction of sp³-hybridized carbons (Fsp3) is 0.227. The van der Waals surface area contributed by atoms with E-state index in [4.69, 9.17) is 13.3 Å². The molecule has 0 aliphatic heterocycles. The lowest BCUT2D eigenvalue weighted by Crippen LogP contribution is -2.33. The summed E-state index contributed by atoms with van der Waals surface area (Å²) < 4.78 is 79.8. The summed E-state index contributed by atoms with van der Waals surface area (Å²) in [5, 5.41) is 0. The summed E-state index contributed by atoms with van der Waals surface area (Å²) in [5.41, 5.74) is -0.792. The lowest BCUT2D eigenvalue weighted by molar-refractivity contribution is -0.138. The van der Waals surface area contributed by atoms with Gasteiger partial charge in [-0.1, -0.05) is 24.3 Å². The van der Waals surface area contributed by atoms with Crippen LogP contribution in [0.2, 0.25) is 0 Å². The van der Waals surface area contributed by atoms with E-state index in [0.717, 1.165) is 18.2 Å². The molecule has 1 heterocycles. The predicted molar refractivity (Wildman–Crippen MR) is 111 cm³/mol. The van der Waals surface area contributed by atoms with Crippen molar-refractivity contribution in [1.82, 2.24) is 4.90 Å². The van der Waals surface area contributed by atoms with E-state index in [9.17, 15) is 26.4 Å². The second-order valence-electron chi connectivity index (χ2n) is 6.93. The molecule has 0 unspecified atom stereocenters. The van der Waals surface area contributed by atoms with E-state index in [2.05, 4.69) is 0 Å². The van der Waals surface area contributed by atoms with Crippen LogP contribution >= 0.6 is 0 Å². The Morgan fingerprint density at radius 2 is 1.79 bits per heavy atom. The molecule has 33 heavy (non-hydrogen) atoms. The highest BCUT2D eigenvalue weighted by atomic mass is 32.2. The van der Waals surface area contributed by atoms with Crippen molar-refractivity contribution < 1.29 is 39.7 Å². The van der Waals surface area contributed by atoms with Crippen LogP contribution < -0.4 is 4.18 Å². The first-order valence-corrected chi connectivity index (χ1v) is 11.0. The molecule has 0 radical (unpaired) electrons. The summed E-state index contributed by atoms with van der Waals surface area (Å²) >= 11 is 0. The first-order valence-electron chi connectivity index (χ1n) is 9.59. The summed E-state index contributed by atoms with van der Waals surface area (Å²) in [6.07, 6.45) is -3.26. The molecule has 3 aromatic rings. The largest absolute Gasteiger partial charge is 0.467 e. The number of amides is 1. The van der Waals surface area contributed by atoms with Gasteiger partial charge in [-0.15, -0.1) is 0 Å². The Kier molecular flexibility index (Phi) is 7.44. The highest BCUT2D eigenvalue weighted by molar-refractivity contribution is 7.87. The highest BCUT2D eigenvalue weighted by Gasteiger charge is 2.32. The predicted octanol–water partition coefficient (Wildman–Crippen LogP) is 4.24. The van der Waals surface area contributed by atoms with Gasteiger partial charge >= 0.3 is 16.3 Å². The molecule has 11 heteroatoms. The Labute approximate surface area is 188 Å². The molecular weight excluding hydrogens is 463 g/mol. The van der Waals surface area contributed by atoms with Gasteiger partial charge in [0.1, 0.15) is 23.0 Å². The van der Waals surface area contributed by atoms with Crippen molar-refractivity contribution in [2.45, 2.75) is 24.2 Å².